The van der Waals surface area contributed by atoms with E-state index in [-0.39, 0.29) is 37.5 Å². The molecule has 5 rings (SSSR count). The SMILES string of the molecule is CC(=O)Nc1cc(CO[C@@H]2O[C@H](COC(=O)c3ccccc3)[C@@H](O[C@H]3O[C@@H]4COC(CCC#N)O[C@H]4[C@H](O)[C@H]3O)[C@H](O)[C@H]2O)ccc1Cl. The van der Waals surface area contributed by atoms with Gasteiger partial charge in [0.25, 0.3) is 0 Å². The third-order valence-electron chi connectivity index (χ3n) is 7.96. The van der Waals surface area contributed by atoms with Gasteiger partial charge in [0.05, 0.1) is 35.6 Å². The Hall–Kier alpha value is -3.24. The number of nitriles is 1. The molecule has 0 radical (unpaired) electrons. The molecule has 16 heteroatoms. The second-order valence-corrected chi connectivity index (χ2v) is 11.9. The largest absolute Gasteiger partial charge is 0.459 e. The Morgan fingerprint density at radius 1 is 1.00 bits per heavy atom. The van der Waals surface area contributed by atoms with Gasteiger partial charge in [0.2, 0.25) is 5.91 Å². The highest BCUT2D eigenvalue weighted by molar-refractivity contribution is 6.33. The van der Waals surface area contributed by atoms with Gasteiger partial charge in [-0.05, 0) is 29.8 Å². The Kier molecular flexibility index (Phi) is 12.3. The van der Waals surface area contributed by atoms with Crippen molar-refractivity contribution in [1.29, 1.82) is 5.26 Å². The summed E-state index contributed by atoms with van der Waals surface area (Å²) in [6.45, 7) is 0.673. The van der Waals surface area contributed by atoms with Crippen molar-refractivity contribution in [3.05, 3.63) is 64.7 Å². The molecule has 0 bridgehead atoms. The number of nitrogens with one attached hydrogen (secondary N) is 1. The summed E-state index contributed by atoms with van der Waals surface area (Å²) in [5.41, 5.74) is 1.15. The first-order chi connectivity index (χ1) is 23.0. The second-order valence-electron chi connectivity index (χ2n) is 11.5. The van der Waals surface area contributed by atoms with E-state index in [9.17, 15) is 30.0 Å². The summed E-state index contributed by atoms with van der Waals surface area (Å²) >= 11 is 6.16. The molecule has 2 aromatic carbocycles. The third kappa shape index (κ3) is 8.67. The summed E-state index contributed by atoms with van der Waals surface area (Å²) in [5.74, 6) is -1.03. The zero-order valence-corrected chi connectivity index (χ0v) is 26.5. The van der Waals surface area contributed by atoms with Crippen molar-refractivity contribution in [2.24, 2.45) is 0 Å². The molecule has 260 valence electrons. The lowest BCUT2D eigenvalue weighted by Crippen LogP contribution is -2.66. The molecule has 3 aliphatic rings. The number of aliphatic hydroxyl groups is 4. The Morgan fingerprint density at radius 2 is 1.75 bits per heavy atom. The number of ether oxygens (including phenoxy) is 7. The number of anilines is 1. The summed E-state index contributed by atoms with van der Waals surface area (Å²) in [7, 11) is 0. The molecule has 3 heterocycles. The smallest absolute Gasteiger partial charge is 0.338 e. The van der Waals surface area contributed by atoms with Crippen LogP contribution in [0.5, 0.6) is 0 Å². The highest BCUT2D eigenvalue weighted by Gasteiger charge is 2.53. The van der Waals surface area contributed by atoms with Gasteiger partial charge in [0.1, 0.15) is 55.4 Å². The maximum atomic E-state index is 12.8. The molecular weight excluding hydrogens is 656 g/mol. The van der Waals surface area contributed by atoms with Gasteiger partial charge >= 0.3 is 5.97 Å². The van der Waals surface area contributed by atoms with Gasteiger partial charge in [-0.15, -0.1) is 0 Å². The molecule has 3 fully saturated rings. The summed E-state index contributed by atoms with van der Waals surface area (Å²) in [4.78, 5) is 24.3. The van der Waals surface area contributed by atoms with Gasteiger partial charge in [0.15, 0.2) is 18.9 Å². The highest BCUT2D eigenvalue weighted by Crippen LogP contribution is 2.34. The van der Waals surface area contributed by atoms with Gasteiger partial charge in [-0.3, -0.25) is 4.79 Å². The van der Waals surface area contributed by atoms with E-state index in [0.717, 1.165) is 0 Å². The molecule has 0 saturated carbocycles. The molecule has 3 saturated heterocycles. The van der Waals surface area contributed by atoms with Crippen LogP contribution in [0.4, 0.5) is 5.69 Å². The van der Waals surface area contributed by atoms with E-state index >= 15 is 0 Å². The van der Waals surface area contributed by atoms with Gasteiger partial charge in [-0.2, -0.15) is 5.26 Å². The number of halogens is 1. The van der Waals surface area contributed by atoms with Crippen molar-refractivity contribution < 1.29 is 63.2 Å². The van der Waals surface area contributed by atoms with Crippen molar-refractivity contribution in [3.8, 4) is 6.07 Å². The minimum atomic E-state index is -1.72. The Balaban J connectivity index is 1.29. The molecule has 11 atom stereocenters. The number of benzene rings is 2. The quantitative estimate of drug-likeness (QED) is 0.208. The Morgan fingerprint density at radius 3 is 2.48 bits per heavy atom. The first-order valence-electron chi connectivity index (χ1n) is 15.3. The first kappa shape index (κ1) is 36.1. The molecule has 2 aromatic rings. The van der Waals surface area contributed by atoms with E-state index in [1.807, 2.05) is 6.07 Å². The number of carbonyl (C=O) groups is 2. The number of rotatable bonds is 11. The minimum absolute atomic E-state index is 0.0425. The molecular formula is C32H37ClN2O13. The van der Waals surface area contributed by atoms with Crippen LogP contribution in [0.25, 0.3) is 0 Å². The summed E-state index contributed by atoms with van der Waals surface area (Å²) in [5, 5.41) is 55.9. The molecule has 48 heavy (non-hydrogen) atoms. The average Bonchev–Trinajstić information content (AvgIpc) is 3.08. The molecule has 1 amide bonds. The molecule has 3 aliphatic heterocycles. The lowest BCUT2D eigenvalue weighted by molar-refractivity contribution is -0.384. The summed E-state index contributed by atoms with van der Waals surface area (Å²) in [6.07, 6.45) is -14.5. The number of hydrogen-bond donors (Lipinski definition) is 5. The summed E-state index contributed by atoms with van der Waals surface area (Å²) in [6, 6.07) is 14.9. The maximum Gasteiger partial charge on any atom is 0.338 e. The van der Waals surface area contributed by atoms with Gasteiger partial charge < -0.3 is 58.9 Å². The van der Waals surface area contributed by atoms with Crippen molar-refractivity contribution in [3.63, 3.8) is 0 Å². The van der Waals surface area contributed by atoms with Crippen LogP contribution in [0.2, 0.25) is 5.02 Å². The maximum absolute atomic E-state index is 12.8. The number of hydrogen-bond acceptors (Lipinski definition) is 14. The molecule has 0 spiro atoms. The monoisotopic (exact) mass is 692 g/mol. The van der Waals surface area contributed by atoms with Crippen LogP contribution in [-0.2, 0) is 44.6 Å². The number of aliphatic hydroxyl groups excluding tert-OH is 4. The lowest BCUT2D eigenvalue weighted by atomic mass is 9.96. The van der Waals surface area contributed by atoms with Crippen molar-refractivity contribution in [2.75, 3.05) is 18.5 Å². The van der Waals surface area contributed by atoms with E-state index in [4.69, 9.17) is 50.0 Å². The van der Waals surface area contributed by atoms with Crippen LogP contribution in [-0.4, -0.2) is 113 Å². The molecule has 0 aliphatic carbocycles. The zero-order valence-electron chi connectivity index (χ0n) is 25.8. The van der Waals surface area contributed by atoms with Gasteiger partial charge in [-0.25, -0.2) is 4.79 Å². The fraction of sp³-hybridized carbons (Fsp3) is 0.531. The number of esters is 1. The second kappa shape index (κ2) is 16.4. The van der Waals surface area contributed by atoms with Crippen LogP contribution >= 0.6 is 11.6 Å². The molecule has 1 unspecified atom stereocenters. The van der Waals surface area contributed by atoms with Crippen LogP contribution in [0.3, 0.4) is 0 Å². The Bertz CT molecular complexity index is 1440. The van der Waals surface area contributed by atoms with Crippen LogP contribution in [0.15, 0.2) is 48.5 Å². The number of amides is 1. The molecule has 5 N–H and O–H groups in total. The average molecular weight is 693 g/mol. The topological polar surface area (TPSA) is 215 Å². The van der Waals surface area contributed by atoms with E-state index < -0.39 is 80.3 Å². The Labute approximate surface area is 280 Å². The van der Waals surface area contributed by atoms with Crippen LogP contribution in [0.1, 0.15) is 35.7 Å². The summed E-state index contributed by atoms with van der Waals surface area (Å²) < 4.78 is 40.3. The normalized spacial score (nSPS) is 33.2. The van der Waals surface area contributed by atoms with E-state index in [0.29, 0.717) is 16.3 Å². The van der Waals surface area contributed by atoms with Gasteiger partial charge in [0, 0.05) is 19.8 Å². The fourth-order valence-electron chi connectivity index (χ4n) is 5.51. The van der Waals surface area contributed by atoms with Crippen LogP contribution < -0.4 is 5.32 Å². The third-order valence-corrected chi connectivity index (χ3v) is 8.29. The van der Waals surface area contributed by atoms with E-state index in [1.54, 1.807) is 48.5 Å². The van der Waals surface area contributed by atoms with Crippen molar-refractivity contribution in [2.45, 2.75) is 94.1 Å². The predicted octanol–water partition coefficient (Wildman–Crippen LogP) is 0.996. The number of carbonyl (C=O) groups excluding carboxylic acids is 2. The lowest BCUT2D eigenvalue weighted by Gasteiger charge is -2.48. The highest BCUT2D eigenvalue weighted by atomic mass is 35.5. The van der Waals surface area contributed by atoms with Gasteiger partial charge in [-0.1, -0.05) is 35.9 Å². The van der Waals surface area contributed by atoms with Crippen molar-refractivity contribution >= 4 is 29.2 Å². The van der Waals surface area contributed by atoms with E-state index in [1.165, 1.54) is 6.92 Å². The van der Waals surface area contributed by atoms with Crippen LogP contribution in [0, 0.1) is 11.3 Å². The van der Waals surface area contributed by atoms with Crippen molar-refractivity contribution in [1.82, 2.24) is 0 Å². The number of nitrogens with zero attached hydrogens (tertiary/aromatic N) is 1. The first-order valence-corrected chi connectivity index (χ1v) is 15.7. The fourth-order valence-corrected chi connectivity index (χ4v) is 5.68. The standard InChI is InChI=1S/C32H37ClN2O13/c1-16(36)35-20-12-17(9-10-19(20)33)13-44-31-26(39)24(37)29(22(45-31)15-43-30(41)18-6-3-2-4-7-18)48-32-27(40)25(38)28-21(46-32)14-42-23(47-28)8-5-11-34/h2-4,6-7,9-10,12,21-29,31-32,37-40H,5,8,13-15H2,1H3,(H,35,36)/t21-,22-,23?,24-,25-,26-,27-,28-,29-,31-,32-/m1/s1. The molecule has 0 aromatic heterocycles. The van der Waals surface area contributed by atoms with E-state index in [2.05, 4.69) is 5.32 Å². The zero-order chi connectivity index (χ0) is 34.4. The minimum Gasteiger partial charge on any atom is -0.459 e. The predicted molar refractivity (Wildman–Crippen MR) is 163 cm³/mol. The number of fused-ring (bicyclic) bond motifs is 1. The molecule has 15 nitrogen and oxygen atoms in total.